The Morgan fingerprint density at radius 2 is 1.86 bits per heavy atom. The Bertz CT molecular complexity index is 186. The molecule has 0 aromatic heterocycles. The van der Waals surface area contributed by atoms with Crippen LogP contribution in [0.5, 0.6) is 0 Å². The molecule has 2 atom stereocenters. The Labute approximate surface area is 86.4 Å². The lowest BCUT2D eigenvalue weighted by molar-refractivity contribution is -0.123. The Morgan fingerprint density at radius 1 is 1.29 bits per heavy atom. The summed E-state index contributed by atoms with van der Waals surface area (Å²) in [5.74, 6) is 0.634. The Balaban J connectivity index is 2.32. The molecule has 0 saturated heterocycles. The third-order valence-electron chi connectivity index (χ3n) is 3.14. The van der Waals surface area contributed by atoms with Gasteiger partial charge in [0, 0.05) is 6.04 Å². The van der Waals surface area contributed by atoms with Crippen molar-refractivity contribution in [3.63, 3.8) is 0 Å². The van der Waals surface area contributed by atoms with E-state index in [4.69, 9.17) is 5.73 Å². The number of carbonyl (C=O) groups excluding carboxylic acids is 1. The lowest BCUT2D eigenvalue weighted by atomic mass is 9.84. The standard InChI is InChI=1S/C11H22N2O/c1-8(12)11(14)13-9(2)10-6-4-3-5-7-10/h8-10H,3-7,12H2,1-2H3,(H,13,14). The van der Waals surface area contributed by atoms with Crippen molar-refractivity contribution in [2.24, 2.45) is 11.7 Å². The molecule has 0 spiro atoms. The van der Waals surface area contributed by atoms with Crippen LogP contribution in [0.4, 0.5) is 0 Å². The molecule has 0 aliphatic heterocycles. The zero-order chi connectivity index (χ0) is 10.6. The SMILES string of the molecule is CC(N)C(=O)NC(C)C1CCCCC1. The molecular formula is C11H22N2O. The number of rotatable bonds is 3. The van der Waals surface area contributed by atoms with Gasteiger partial charge in [-0.1, -0.05) is 19.3 Å². The van der Waals surface area contributed by atoms with Gasteiger partial charge >= 0.3 is 0 Å². The molecule has 0 bridgehead atoms. The second kappa shape index (κ2) is 5.35. The molecular weight excluding hydrogens is 176 g/mol. The highest BCUT2D eigenvalue weighted by atomic mass is 16.2. The van der Waals surface area contributed by atoms with E-state index in [0.717, 1.165) is 0 Å². The first-order valence-electron chi connectivity index (χ1n) is 5.67. The van der Waals surface area contributed by atoms with Crippen LogP contribution in [0.3, 0.4) is 0 Å². The zero-order valence-corrected chi connectivity index (χ0v) is 9.25. The molecule has 82 valence electrons. The molecule has 3 heteroatoms. The molecule has 1 rings (SSSR count). The molecule has 3 nitrogen and oxygen atoms in total. The van der Waals surface area contributed by atoms with Crippen LogP contribution >= 0.6 is 0 Å². The highest BCUT2D eigenvalue weighted by Crippen LogP contribution is 2.26. The van der Waals surface area contributed by atoms with Crippen molar-refractivity contribution < 1.29 is 4.79 Å². The summed E-state index contributed by atoms with van der Waals surface area (Å²) in [6.45, 7) is 3.82. The summed E-state index contributed by atoms with van der Waals surface area (Å²) in [4.78, 5) is 11.4. The fourth-order valence-corrected chi connectivity index (χ4v) is 2.11. The van der Waals surface area contributed by atoms with E-state index < -0.39 is 0 Å². The maximum atomic E-state index is 11.4. The number of hydrogen-bond donors (Lipinski definition) is 2. The van der Waals surface area contributed by atoms with Gasteiger partial charge in [-0.05, 0) is 32.6 Å². The third kappa shape index (κ3) is 3.29. The van der Waals surface area contributed by atoms with Crippen molar-refractivity contribution in [2.75, 3.05) is 0 Å². The first-order chi connectivity index (χ1) is 6.61. The van der Waals surface area contributed by atoms with Gasteiger partial charge in [0.05, 0.1) is 6.04 Å². The summed E-state index contributed by atoms with van der Waals surface area (Å²) in [5, 5.41) is 2.99. The summed E-state index contributed by atoms with van der Waals surface area (Å²) in [5.41, 5.74) is 5.50. The number of amides is 1. The first kappa shape index (κ1) is 11.5. The summed E-state index contributed by atoms with van der Waals surface area (Å²) in [6.07, 6.45) is 6.47. The van der Waals surface area contributed by atoms with Crippen LogP contribution in [-0.2, 0) is 4.79 Å². The largest absolute Gasteiger partial charge is 0.352 e. The molecule has 1 amide bonds. The van der Waals surface area contributed by atoms with E-state index in [0.29, 0.717) is 5.92 Å². The number of nitrogens with one attached hydrogen (secondary N) is 1. The molecule has 0 heterocycles. The minimum atomic E-state index is -0.388. The highest BCUT2D eigenvalue weighted by Gasteiger charge is 2.22. The molecule has 1 fully saturated rings. The van der Waals surface area contributed by atoms with E-state index in [2.05, 4.69) is 12.2 Å². The lowest BCUT2D eigenvalue weighted by Crippen LogP contribution is -2.45. The molecule has 0 aromatic carbocycles. The summed E-state index contributed by atoms with van der Waals surface area (Å²) in [7, 11) is 0. The van der Waals surface area contributed by atoms with Gasteiger partial charge in [0.1, 0.15) is 0 Å². The van der Waals surface area contributed by atoms with Gasteiger partial charge in [-0.15, -0.1) is 0 Å². The predicted molar refractivity (Wildman–Crippen MR) is 57.8 cm³/mol. The van der Waals surface area contributed by atoms with E-state index in [-0.39, 0.29) is 18.0 Å². The first-order valence-corrected chi connectivity index (χ1v) is 5.67. The van der Waals surface area contributed by atoms with Crippen LogP contribution in [0.2, 0.25) is 0 Å². The normalized spacial score (nSPS) is 22.8. The maximum Gasteiger partial charge on any atom is 0.236 e. The quantitative estimate of drug-likeness (QED) is 0.720. The summed E-state index contributed by atoms with van der Waals surface area (Å²) < 4.78 is 0. The monoisotopic (exact) mass is 198 g/mol. The van der Waals surface area contributed by atoms with Crippen molar-refractivity contribution in [2.45, 2.75) is 58.0 Å². The van der Waals surface area contributed by atoms with Crippen molar-refractivity contribution in [3.8, 4) is 0 Å². The molecule has 2 unspecified atom stereocenters. The average molecular weight is 198 g/mol. The molecule has 14 heavy (non-hydrogen) atoms. The maximum absolute atomic E-state index is 11.4. The van der Waals surface area contributed by atoms with Crippen molar-refractivity contribution in [3.05, 3.63) is 0 Å². The van der Waals surface area contributed by atoms with Crippen LogP contribution in [-0.4, -0.2) is 18.0 Å². The topological polar surface area (TPSA) is 55.1 Å². The van der Waals surface area contributed by atoms with Crippen LogP contribution in [0, 0.1) is 5.92 Å². The second-order valence-corrected chi connectivity index (χ2v) is 4.48. The van der Waals surface area contributed by atoms with Gasteiger partial charge in [0.2, 0.25) is 5.91 Å². The third-order valence-corrected chi connectivity index (χ3v) is 3.14. The van der Waals surface area contributed by atoms with E-state index in [9.17, 15) is 4.79 Å². The number of carbonyl (C=O) groups is 1. The number of hydrogen-bond acceptors (Lipinski definition) is 2. The fraction of sp³-hybridized carbons (Fsp3) is 0.909. The molecule has 1 saturated carbocycles. The van der Waals surface area contributed by atoms with E-state index >= 15 is 0 Å². The van der Waals surface area contributed by atoms with Gasteiger partial charge in [-0.2, -0.15) is 0 Å². The Hall–Kier alpha value is -0.570. The van der Waals surface area contributed by atoms with Crippen LogP contribution < -0.4 is 11.1 Å². The average Bonchev–Trinajstić information content (AvgIpc) is 2.19. The van der Waals surface area contributed by atoms with Gasteiger partial charge in [0.15, 0.2) is 0 Å². The van der Waals surface area contributed by atoms with Gasteiger partial charge in [0.25, 0.3) is 0 Å². The molecule has 0 radical (unpaired) electrons. The van der Waals surface area contributed by atoms with Crippen LogP contribution in [0.15, 0.2) is 0 Å². The van der Waals surface area contributed by atoms with Gasteiger partial charge in [-0.3, -0.25) is 4.79 Å². The predicted octanol–water partition coefficient (Wildman–Crippen LogP) is 1.42. The van der Waals surface area contributed by atoms with Crippen molar-refractivity contribution in [1.82, 2.24) is 5.32 Å². The Kier molecular flexibility index (Phi) is 4.39. The van der Waals surface area contributed by atoms with Crippen molar-refractivity contribution in [1.29, 1.82) is 0 Å². The van der Waals surface area contributed by atoms with Gasteiger partial charge in [-0.25, -0.2) is 0 Å². The van der Waals surface area contributed by atoms with Crippen molar-refractivity contribution >= 4 is 5.91 Å². The highest BCUT2D eigenvalue weighted by molar-refractivity contribution is 5.81. The van der Waals surface area contributed by atoms with Crippen LogP contribution in [0.25, 0.3) is 0 Å². The molecule has 0 aromatic rings. The fourth-order valence-electron chi connectivity index (χ4n) is 2.11. The van der Waals surface area contributed by atoms with E-state index in [1.165, 1.54) is 32.1 Å². The summed E-state index contributed by atoms with van der Waals surface area (Å²) in [6, 6.07) is -0.102. The van der Waals surface area contributed by atoms with Gasteiger partial charge < -0.3 is 11.1 Å². The molecule has 3 N–H and O–H groups in total. The molecule has 1 aliphatic rings. The number of nitrogens with two attached hydrogens (primary N) is 1. The van der Waals surface area contributed by atoms with E-state index in [1.54, 1.807) is 6.92 Å². The summed E-state index contributed by atoms with van der Waals surface area (Å²) >= 11 is 0. The minimum absolute atomic E-state index is 0.0249. The smallest absolute Gasteiger partial charge is 0.236 e. The lowest BCUT2D eigenvalue weighted by Gasteiger charge is -2.28. The zero-order valence-electron chi connectivity index (χ0n) is 9.25. The second-order valence-electron chi connectivity index (χ2n) is 4.48. The minimum Gasteiger partial charge on any atom is -0.352 e. The molecule has 1 aliphatic carbocycles. The Morgan fingerprint density at radius 3 is 2.36 bits per heavy atom. The van der Waals surface area contributed by atoms with Crippen LogP contribution in [0.1, 0.15) is 46.0 Å². The van der Waals surface area contributed by atoms with E-state index in [1.807, 2.05) is 0 Å².